The summed E-state index contributed by atoms with van der Waals surface area (Å²) in [7, 11) is 0. The van der Waals surface area contributed by atoms with Gasteiger partial charge in [0.05, 0.1) is 0 Å². The van der Waals surface area contributed by atoms with Crippen molar-refractivity contribution in [3.63, 3.8) is 0 Å². The number of hydrogen-bond donors (Lipinski definition) is 1. The second-order valence-electron chi connectivity index (χ2n) is 5.04. The van der Waals surface area contributed by atoms with Crippen LogP contribution < -0.4 is 5.48 Å². The molecule has 5 nitrogen and oxygen atoms in total. The Labute approximate surface area is 119 Å². The zero-order valence-corrected chi connectivity index (χ0v) is 11.1. The maximum absolute atomic E-state index is 12.0. The van der Waals surface area contributed by atoms with Gasteiger partial charge in [0, 0.05) is 18.8 Å². The molecule has 0 radical (unpaired) electrons. The highest BCUT2D eigenvalue weighted by Gasteiger charge is 2.42. The van der Waals surface area contributed by atoms with Crippen LogP contribution in [0, 0.1) is 17.2 Å². The second kappa shape index (κ2) is 6.18. The van der Waals surface area contributed by atoms with Gasteiger partial charge in [-0.1, -0.05) is 0 Å². The Bertz CT molecular complexity index is 548. The zero-order chi connectivity index (χ0) is 15.5. The first-order valence-electron chi connectivity index (χ1n) is 6.49. The maximum atomic E-state index is 12.0. The number of nitrogens with zero attached hydrogens (tertiary/aromatic N) is 2. The molecule has 1 aromatic heterocycles. The molecular formula is C13H14F3N3O2. The Balaban J connectivity index is 1.79. The van der Waals surface area contributed by atoms with Gasteiger partial charge in [-0.25, -0.2) is 4.79 Å². The van der Waals surface area contributed by atoms with Crippen molar-refractivity contribution < 1.29 is 22.8 Å². The molecule has 21 heavy (non-hydrogen) atoms. The Hall–Kier alpha value is -2.01. The van der Waals surface area contributed by atoms with Crippen molar-refractivity contribution in [2.24, 2.45) is 5.92 Å². The number of hydrogen-bond acceptors (Lipinski definition) is 4. The number of nitriles is 1. The van der Waals surface area contributed by atoms with Crippen molar-refractivity contribution in [1.82, 2.24) is 10.0 Å². The van der Waals surface area contributed by atoms with Crippen LogP contribution in [0.3, 0.4) is 0 Å². The minimum atomic E-state index is -4.99. The predicted octanol–water partition coefficient (Wildman–Crippen LogP) is 2.14. The number of carbonyl (C=O) groups is 1. The summed E-state index contributed by atoms with van der Waals surface area (Å²) in [6, 6.07) is 5.26. The van der Waals surface area contributed by atoms with Crippen LogP contribution in [0.15, 0.2) is 18.3 Å². The highest BCUT2D eigenvalue weighted by atomic mass is 19.4. The molecule has 1 aliphatic carbocycles. The average molecular weight is 301 g/mol. The number of hydroxylamine groups is 1. The van der Waals surface area contributed by atoms with E-state index in [2.05, 4.69) is 16.4 Å². The summed E-state index contributed by atoms with van der Waals surface area (Å²) >= 11 is 0. The van der Waals surface area contributed by atoms with E-state index in [1.165, 1.54) is 0 Å². The number of aromatic nitrogens is 1. The van der Waals surface area contributed by atoms with Crippen LogP contribution in [0.2, 0.25) is 0 Å². The molecule has 0 saturated heterocycles. The normalized spacial score (nSPS) is 22.0. The molecule has 2 rings (SSSR count). The molecule has 1 aliphatic rings. The third-order valence-electron chi connectivity index (χ3n) is 3.49. The van der Waals surface area contributed by atoms with Crippen LogP contribution in [0.5, 0.6) is 0 Å². The Morgan fingerprint density at radius 1 is 1.52 bits per heavy atom. The Kier molecular flexibility index (Phi) is 4.53. The lowest BCUT2D eigenvalue weighted by atomic mass is 10.1. The summed E-state index contributed by atoms with van der Waals surface area (Å²) in [5.41, 5.74) is 2.73. The Morgan fingerprint density at radius 2 is 2.29 bits per heavy atom. The van der Waals surface area contributed by atoms with Crippen molar-refractivity contribution in [2.75, 3.05) is 0 Å². The van der Waals surface area contributed by atoms with Gasteiger partial charge >= 0.3 is 12.1 Å². The molecule has 0 bridgehead atoms. The van der Waals surface area contributed by atoms with E-state index in [-0.39, 0.29) is 12.0 Å². The third kappa shape index (κ3) is 3.98. The average Bonchev–Trinajstić information content (AvgIpc) is 3.04. The summed E-state index contributed by atoms with van der Waals surface area (Å²) in [5.74, 6) is -2.00. The topological polar surface area (TPSA) is 67.1 Å². The highest BCUT2D eigenvalue weighted by molar-refractivity contribution is 5.75. The lowest BCUT2D eigenvalue weighted by Gasteiger charge is -2.14. The fourth-order valence-electron chi connectivity index (χ4n) is 2.50. The zero-order valence-electron chi connectivity index (χ0n) is 11.1. The maximum Gasteiger partial charge on any atom is 0.492 e. The number of nitrogens with one attached hydrogen (secondary N) is 1. The minimum Gasteiger partial charge on any atom is -0.363 e. The van der Waals surface area contributed by atoms with E-state index in [1.54, 1.807) is 18.3 Å². The first-order valence-corrected chi connectivity index (χ1v) is 6.49. The number of rotatable bonds is 4. The standard InChI is InChI=1S/C13H14F3N3O2/c14-13(15,16)12(20)21-18-10-4-3-9(6-10)8-19-5-1-2-11(19)7-17/h1-2,5,9-10,18H,3-4,6,8H2/t9-,10+/m0/s1. The molecule has 1 fully saturated rings. The summed E-state index contributed by atoms with van der Waals surface area (Å²) in [6.07, 6.45) is -1.18. The van der Waals surface area contributed by atoms with Gasteiger partial charge < -0.3 is 9.40 Å². The van der Waals surface area contributed by atoms with E-state index in [4.69, 9.17) is 5.26 Å². The van der Waals surface area contributed by atoms with E-state index >= 15 is 0 Å². The lowest BCUT2D eigenvalue weighted by Crippen LogP contribution is -2.36. The van der Waals surface area contributed by atoms with Gasteiger partial charge in [-0.05, 0) is 37.3 Å². The molecule has 1 heterocycles. The van der Waals surface area contributed by atoms with E-state index < -0.39 is 12.1 Å². The van der Waals surface area contributed by atoms with Crippen LogP contribution in [0.4, 0.5) is 13.2 Å². The minimum absolute atomic E-state index is 0.228. The number of halogens is 3. The molecular weight excluding hydrogens is 287 g/mol. The molecule has 0 aromatic carbocycles. The van der Waals surface area contributed by atoms with Crippen molar-refractivity contribution in [1.29, 1.82) is 5.26 Å². The van der Waals surface area contributed by atoms with Gasteiger partial charge in [0.1, 0.15) is 11.8 Å². The second-order valence-corrected chi connectivity index (χ2v) is 5.04. The van der Waals surface area contributed by atoms with Gasteiger partial charge in [-0.2, -0.15) is 18.4 Å². The molecule has 114 valence electrons. The molecule has 1 saturated carbocycles. The molecule has 0 amide bonds. The van der Waals surface area contributed by atoms with Crippen LogP contribution in [0.25, 0.3) is 0 Å². The monoisotopic (exact) mass is 301 g/mol. The van der Waals surface area contributed by atoms with Crippen LogP contribution >= 0.6 is 0 Å². The quantitative estimate of drug-likeness (QED) is 0.865. The first-order chi connectivity index (χ1) is 9.90. The van der Waals surface area contributed by atoms with E-state index in [0.717, 1.165) is 6.42 Å². The largest absolute Gasteiger partial charge is 0.492 e. The molecule has 0 aliphatic heterocycles. The van der Waals surface area contributed by atoms with Crippen LogP contribution in [0.1, 0.15) is 25.0 Å². The molecule has 0 unspecified atom stereocenters. The summed E-state index contributed by atoms with van der Waals surface area (Å²) in [5, 5.41) is 8.91. The fourth-order valence-corrected chi connectivity index (χ4v) is 2.50. The first kappa shape index (κ1) is 15.4. The summed E-state index contributed by atoms with van der Waals surface area (Å²) < 4.78 is 37.8. The fraction of sp³-hybridized carbons (Fsp3) is 0.538. The molecule has 1 N–H and O–H groups in total. The molecule has 2 atom stereocenters. The van der Waals surface area contributed by atoms with Crippen molar-refractivity contribution in [3.05, 3.63) is 24.0 Å². The van der Waals surface area contributed by atoms with Gasteiger partial charge in [-0.3, -0.25) is 0 Å². The smallest absolute Gasteiger partial charge is 0.363 e. The van der Waals surface area contributed by atoms with Gasteiger partial charge in [0.2, 0.25) is 0 Å². The summed E-state index contributed by atoms with van der Waals surface area (Å²) in [4.78, 5) is 14.6. The van der Waals surface area contributed by atoms with Gasteiger partial charge in [0.15, 0.2) is 0 Å². The lowest BCUT2D eigenvalue weighted by molar-refractivity contribution is -0.208. The highest BCUT2D eigenvalue weighted by Crippen LogP contribution is 2.28. The van der Waals surface area contributed by atoms with E-state index in [1.807, 2.05) is 4.57 Å². The predicted molar refractivity (Wildman–Crippen MR) is 65.6 cm³/mol. The SMILES string of the molecule is N#Cc1cccn1C[C@H]1CC[C@@H](NOC(=O)C(F)(F)F)C1. The van der Waals surface area contributed by atoms with Gasteiger partial charge in [0.25, 0.3) is 0 Å². The van der Waals surface area contributed by atoms with Gasteiger partial charge in [-0.15, -0.1) is 5.48 Å². The molecule has 8 heteroatoms. The summed E-state index contributed by atoms with van der Waals surface area (Å²) in [6.45, 7) is 0.626. The molecule has 0 spiro atoms. The Morgan fingerprint density at radius 3 is 2.95 bits per heavy atom. The van der Waals surface area contributed by atoms with Crippen LogP contribution in [-0.4, -0.2) is 22.8 Å². The van der Waals surface area contributed by atoms with Crippen LogP contribution in [-0.2, 0) is 16.2 Å². The van der Waals surface area contributed by atoms with E-state index in [0.29, 0.717) is 25.1 Å². The third-order valence-corrected chi connectivity index (χ3v) is 3.49. The van der Waals surface area contributed by atoms with Crippen molar-refractivity contribution in [3.8, 4) is 6.07 Å². The van der Waals surface area contributed by atoms with Crippen molar-refractivity contribution in [2.45, 2.75) is 38.0 Å². The molecule has 1 aromatic rings. The van der Waals surface area contributed by atoms with E-state index in [9.17, 15) is 18.0 Å². The number of carbonyl (C=O) groups excluding carboxylic acids is 1. The number of alkyl halides is 3. The van der Waals surface area contributed by atoms with Crippen molar-refractivity contribution >= 4 is 5.97 Å².